The lowest BCUT2D eigenvalue weighted by molar-refractivity contribution is -0.138. The summed E-state index contributed by atoms with van der Waals surface area (Å²) in [4.78, 5) is 23.9. The van der Waals surface area contributed by atoms with Gasteiger partial charge in [0.05, 0.1) is 12.6 Å². The highest BCUT2D eigenvalue weighted by molar-refractivity contribution is 5.80. The van der Waals surface area contributed by atoms with Crippen LogP contribution in [-0.2, 0) is 9.53 Å². The molecule has 6 nitrogen and oxygen atoms in total. The van der Waals surface area contributed by atoms with Gasteiger partial charge in [0.1, 0.15) is 6.54 Å². The lowest BCUT2D eigenvalue weighted by Gasteiger charge is -2.29. The van der Waals surface area contributed by atoms with Crippen molar-refractivity contribution in [3.63, 3.8) is 0 Å². The van der Waals surface area contributed by atoms with E-state index in [0.717, 1.165) is 19.4 Å². The number of nitrogens with zero attached hydrogens (tertiary/aromatic N) is 1. The molecule has 0 aromatic rings. The van der Waals surface area contributed by atoms with Gasteiger partial charge in [-0.3, -0.25) is 4.79 Å². The third-order valence-electron chi connectivity index (χ3n) is 2.68. The average Bonchev–Trinajstić information content (AvgIpc) is 2.26. The second-order valence-electron chi connectivity index (χ2n) is 4.48. The van der Waals surface area contributed by atoms with E-state index in [4.69, 9.17) is 9.84 Å². The van der Waals surface area contributed by atoms with Crippen LogP contribution >= 0.6 is 0 Å². The molecule has 1 fully saturated rings. The molecule has 1 atom stereocenters. The van der Waals surface area contributed by atoms with Gasteiger partial charge in [0.2, 0.25) is 0 Å². The van der Waals surface area contributed by atoms with Gasteiger partial charge >= 0.3 is 12.0 Å². The third kappa shape index (κ3) is 4.60. The molecule has 2 N–H and O–H groups in total. The van der Waals surface area contributed by atoms with Crippen molar-refractivity contribution >= 4 is 12.0 Å². The molecule has 0 saturated carbocycles. The highest BCUT2D eigenvalue weighted by Gasteiger charge is 2.23. The Hall–Kier alpha value is -1.30. The minimum absolute atomic E-state index is 0.00806. The number of carbonyl (C=O) groups excluding carboxylic acids is 1. The van der Waals surface area contributed by atoms with Crippen molar-refractivity contribution in [2.75, 3.05) is 19.8 Å². The molecule has 1 aliphatic rings. The van der Waals surface area contributed by atoms with Gasteiger partial charge in [0.15, 0.2) is 0 Å². The van der Waals surface area contributed by atoms with Crippen molar-refractivity contribution in [2.24, 2.45) is 0 Å². The zero-order chi connectivity index (χ0) is 12.8. The maximum absolute atomic E-state index is 11.9. The van der Waals surface area contributed by atoms with E-state index in [-0.39, 0.29) is 24.7 Å². The highest BCUT2D eigenvalue weighted by atomic mass is 16.5. The number of carboxylic acid groups (broad SMARTS) is 1. The maximum Gasteiger partial charge on any atom is 0.323 e. The molecule has 98 valence electrons. The summed E-state index contributed by atoms with van der Waals surface area (Å²) in [5.41, 5.74) is 0. The number of ether oxygens (including phenoxy) is 1. The Bertz CT molecular complexity index is 275. The maximum atomic E-state index is 11.9. The van der Waals surface area contributed by atoms with Crippen molar-refractivity contribution in [1.29, 1.82) is 0 Å². The fourth-order valence-electron chi connectivity index (χ4n) is 1.75. The van der Waals surface area contributed by atoms with Gasteiger partial charge in [-0.05, 0) is 26.7 Å². The van der Waals surface area contributed by atoms with Crippen LogP contribution in [0.15, 0.2) is 0 Å². The van der Waals surface area contributed by atoms with Gasteiger partial charge < -0.3 is 20.1 Å². The summed E-state index contributed by atoms with van der Waals surface area (Å²) in [5, 5.41) is 11.5. The Labute approximate surface area is 101 Å². The van der Waals surface area contributed by atoms with Crippen LogP contribution in [0.3, 0.4) is 0 Å². The predicted octanol–water partition coefficient (Wildman–Crippen LogP) is 0.670. The monoisotopic (exact) mass is 244 g/mol. The molecule has 0 aromatic carbocycles. The Morgan fingerprint density at radius 3 is 2.71 bits per heavy atom. The second-order valence-corrected chi connectivity index (χ2v) is 4.48. The van der Waals surface area contributed by atoms with Gasteiger partial charge in [0.25, 0.3) is 0 Å². The fourth-order valence-corrected chi connectivity index (χ4v) is 1.75. The highest BCUT2D eigenvalue weighted by Crippen LogP contribution is 2.07. The first kappa shape index (κ1) is 13.8. The molecule has 6 heteroatoms. The Morgan fingerprint density at radius 1 is 1.53 bits per heavy atom. The van der Waals surface area contributed by atoms with Crippen LogP contribution in [0.5, 0.6) is 0 Å². The summed E-state index contributed by atoms with van der Waals surface area (Å²) in [6, 6.07) is -0.486. The summed E-state index contributed by atoms with van der Waals surface area (Å²) < 4.78 is 5.25. The van der Waals surface area contributed by atoms with E-state index in [1.165, 1.54) is 4.90 Å². The minimum atomic E-state index is -1.01. The predicted molar refractivity (Wildman–Crippen MR) is 61.9 cm³/mol. The summed E-state index contributed by atoms with van der Waals surface area (Å²) in [7, 11) is 0. The lowest BCUT2D eigenvalue weighted by atomic mass is 10.1. The number of rotatable bonds is 4. The Balaban J connectivity index is 2.49. The van der Waals surface area contributed by atoms with Crippen LogP contribution in [0.1, 0.15) is 26.7 Å². The molecule has 2 amide bonds. The Kier molecular flexibility index (Phi) is 5.21. The number of carboxylic acids is 1. The first-order valence-electron chi connectivity index (χ1n) is 5.87. The number of hydrogen-bond donors (Lipinski definition) is 2. The van der Waals surface area contributed by atoms with Gasteiger partial charge in [-0.1, -0.05) is 0 Å². The van der Waals surface area contributed by atoms with E-state index < -0.39 is 5.97 Å². The normalized spacial score (nSPS) is 20.1. The van der Waals surface area contributed by atoms with Crippen molar-refractivity contribution < 1.29 is 19.4 Å². The number of aliphatic carboxylic acids is 1. The molecule has 1 rings (SSSR count). The number of carbonyl (C=O) groups is 2. The molecular formula is C11H20N2O4. The van der Waals surface area contributed by atoms with E-state index in [1.807, 2.05) is 0 Å². The summed E-state index contributed by atoms with van der Waals surface area (Å²) in [5.74, 6) is -1.01. The van der Waals surface area contributed by atoms with E-state index in [9.17, 15) is 9.59 Å². The van der Waals surface area contributed by atoms with Gasteiger partial charge in [-0.15, -0.1) is 0 Å². The Morgan fingerprint density at radius 2 is 2.24 bits per heavy atom. The van der Waals surface area contributed by atoms with Crippen molar-refractivity contribution in [1.82, 2.24) is 10.2 Å². The molecule has 1 unspecified atom stereocenters. The molecule has 0 radical (unpaired) electrons. The molecule has 0 spiro atoms. The number of urea groups is 1. The van der Waals surface area contributed by atoms with Crippen LogP contribution in [0.4, 0.5) is 4.79 Å². The molecule has 1 saturated heterocycles. The van der Waals surface area contributed by atoms with Gasteiger partial charge in [0, 0.05) is 12.6 Å². The van der Waals surface area contributed by atoms with Crippen LogP contribution in [0, 0.1) is 0 Å². The molecule has 0 aromatic heterocycles. The molecule has 0 aliphatic carbocycles. The largest absolute Gasteiger partial charge is 0.480 e. The first-order valence-corrected chi connectivity index (χ1v) is 5.87. The van der Waals surface area contributed by atoms with Crippen LogP contribution in [0.25, 0.3) is 0 Å². The van der Waals surface area contributed by atoms with Crippen molar-refractivity contribution in [2.45, 2.75) is 38.8 Å². The molecule has 1 aliphatic heterocycles. The van der Waals surface area contributed by atoms with Crippen molar-refractivity contribution in [3.05, 3.63) is 0 Å². The van der Waals surface area contributed by atoms with Crippen LogP contribution in [0.2, 0.25) is 0 Å². The summed E-state index contributed by atoms with van der Waals surface area (Å²) >= 11 is 0. The standard InChI is InChI=1S/C11H20N2O4/c1-8(2)13(6-10(14)15)11(16)12-9-4-3-5-17-7-9/h8-9H,3-7H2,1-2H3,(H,12,16)(H,14,15). The van der Waals surface area contributed by atoms with E-state index in [1.54, 1.807) is 13.8 Å². The topological polar surface area (TPSA) is 78.9 Å². The SMILES string of the molecule is CC(C)N(CC(=O)O)C(=O)NC1CCCOC1. The zero-order valence-corrected chi connectivity index (χ0v) is 10.3. The minimum Gasteiger partial charge on any atom is -0.480 e. The zero-order valence-electron chi connectivity index (χ0n) is 10.3. The van der Waals surface area contributed by atoms with E-state index in [0.29, 0.717) is 6.61 Å². The van der Waals surface area contributed by atoms with Crippen LogP contribution in [-0.4, -0.2) is 53.8 Å². The number of hydrogen-bond acceptors (Lipinski definition) is 3. The molecule has 1 heterocycles. The van der Waals surface area contributed by atoms with Crippen molar-refractivity contribution in [3.8, 4) is 0 Å². The number of nitrogens with one attached hydrogen (secondary N) is 1. The lowest BCUT2D eigenvalue weighted by Crippen LogP contribution is -2.51. The summed E-state index contributed by atoms with van der Waals surface area (Å²) in [6.45, 7) is 4.54. The first-order chi connectivity index (χ1) is 8.00. The second kappa shape index (κ2) is 6.44. The fraction of sp³-hybridized carbons (Fsp3) is 0.818. The third-order valence-corrected chi connectivity index (χ3v) is 2.68. The quantitative estimate of drug-likeness (QED) is 0.762. The van der Waals surface area contributed by atoms with Crippen LogP contribution < -0.4 is 5.32 Å². The van der Waals surface area contributed by atoms with E-state index >= 15 is 0 Å². The summed E-state index contributed by atoms with van der Waals surface area (Å²) in [6.07, 6.45) is 1.80. The van der Waals surface area contributed by atoms with Gasteiger partial charge in [-0.2, -0.15) is 0 Å². The number of amides is 2. The molecular weight excluding hydrogens is 224 g/mol. The molecule has 0 bridgehead atoms. The average molecular weight is 244 g/mol. The smallest absolute Gasteiger partial charge is 0.323 e. The van der Waals surface area contributed by atoms with Gasteiger partial charge in [-0.25, -0.2) is 4.79 Å². The van der Waals surface area contributed by atoms with E-state index in [2.05, 4.69) is 5.32 Å². The molecule has 17 heavy (non-hydrogen) atoms.